The Labute approximate surface area is 102 Å². The smallest absolute Gasteiger partial charge is 0.122 e. The van der Waals surface area contributed by atoms with Crippen LogP contribution in [0.15, 0.2) is 18.2 Å². The molecular weight excluding hydrogens is 218 g/mol. The van der Waals surface area contributed by atoms with Gasteiger partial charge in [0.2, 0.25) is 0 Å². The molecule has 0 bridgehead atoms. The monoisotopic (exact) mass is 237 g/mol. The van der Waals surface area contributed by atoms with Gasteiger partial charge in [-0.25, -0.2) is 0 Å². The Balaban J connectivity index is 2.03. The molecule has 0 aromatic heterocycles. The Morgan fingerprint density at radius 1 is 1.53 bits per heavy atom. The highest BCUT2D eigenvalue weighted by molar-refractivity contribution is 5.40. The van der Waals surface area contributed by atoms with Crippen molar-refractivity contribution in [2.75, 3.05) is 33.5 Å². The molecule has 0 saturated carbocycles. The Morgan fingerprint density at radius 3 is 3.18 bits per heavy atom. The first-order valence-electron chi connectivity index (χ1n) is 5.94. The Kier molecular flexibility index (Phi) is 4.36. The van der Waals surface area contributed by atoms with Gasteiger partial charge in [-0.3, -0.25) is 0 Å². The predicted molar refractivity (Wildman–Crippen MR) is 65.3 cm³/mol. The molecule has 0 spiro atoms. The van der Waals surface area contributed by atoms with E-state index in [1.165, 1.54) is 5.56 Å². The number of benzene rings is 1. The van der Waals surface area contributed by atoms with Crippen LogP contribution in [0.25, 0.3) is 0 Å². The van der Waals surface area contributed by atoms with Gasteiger partial charge in [-0.1, -0.05) is 12.1 Å². The number of hydrogen-bond acceptors (Lipinski definition) is 4. The van der Waals surface area contributed by atoms with Gasteiger partial charge in [-0.05, 0) is 17.2 Å². The zero-order chi connectivity index (χ0) is 12.1. The van der Waals surface area contributed by atoms with Crippen LogP contribution in [-0.4, -0.2) is 38.6 Å². The van der Waals surface area contributed by atoms with Crippen LogP contribution in [0.2, 0.25) is 0 Å². The van der Waals surface area contributed by atoms with Crippen molar-refractivity contribution in [3.63, 3.8) is 0 Å². The molecule has 17 heavy (non-hydrogen) atoms. The molecule has 0 fully saturated rings. The molecule has 2 N–H and O–H groups in total. The quantitative estimate of drug-likeness (QED) is 0.721. The van der Waals surface area contributed by atoms with E-state index in [9.17, 15) is 5.11 Å². The summed E-state index contributed by atoms with van der Waals surface area (Å²) in [6, 6.07) is 6.07. The van der Waals surface area contributed by atoms with Gasteiger partial charge in [0.1, 0.15) is 5.75 Å². The first-order valence-corrected chi connectivity index (χ1v) is 5.94. The first-order chi connectivity index (χ1) is 8.35. The van der Waals surface area contributed by atoms with Crippen molar-refractivity contribution in [3.8, 4) is 5.75 Å². The van der Waals surface area contributed by atoms with Crippen LogP contribution in [0.4, 0.5) is 0 Å². The van der Waals surface area contributed by atoms with Crippen molar-refractivity contribution in [1.82, 2.24) is 5.32 Å². The summed E-state index contributed by atoms with van der Waals surface area (Å²) < 4.78 is 10.4. The molecule has 4 heteroatoms. The summed E-state index contributed by atoms with van der Waals surface area (Å²) in [5.41, 5.74) is 2.34. The molecule has 94 valence electrons. The molecule has 4 nitrogen and oxygen atoms in total. The fourth-order valence-electron chi connectivity index (χ4n) is 2.05. The first kappa shape index (κ1) is 12.4. The number of fused-ring (bicyclic) bond motifs is 1. The second-order valence-corrected chi connectivity index (χ2v) is 4.15. The maximum absolute atomic E-state index is 9.39. The maximum atomic E-state index is 9.39. The SMILES string of the molecule is COCCNC(CO)c1ccc2c(c1)CCO2. The van der Waals surface area contributed by atoms with Crippen LogP contribution in [0.5, 0.6) is 5.75 Å². The minimum Gasteiger partial charge on any atom is -0.493 e. The third-order valence-electron chi connectivity index (χ3n) is 3.00. The standard InChI is InChI=1S/C13H19NO3/c1-16-7-5-14-12(9-15)10-2-3-13-11(8-10)4-6-17-13/h2-3,8,12,14-15H,4-7,9H2,1H3. The number of aliphatic hydroxyl groups excluding tert-OH is 1. The second kappa shape index (κ2) is 6.00. The van der Waals surface area contributed by atoms with E-state index in [4.69, 9.17) is 9.47 Å². The third-order valence-corrected chi connectivity index (χ3v) is 3.00. The number of nitrogens with one attached hydrogen (secondary N) is 1. The van der Waals surface area contributed by atoms with E-state index in [2.05, 4.69) is 11.4 Å². The summed E-state index contributed by atoms with van der Waals surface area (Å²) in [6.45, 7) is 2.23. The van der Waals surface area contributed by atoms with E-state index in [0.717, 1.165) is 30.9 Å². The molecule has 0 aliphatic carbocycles. The highest BCUT2D eigenvalue weighted by Crippen LogP contribution is 2.27. The van der Waals surface area contributed by atoms with Gasteiger partial charge < -0.3 is 19.9 Å². The van der Waals surface area contributed by atoms with Crippen molar-refractivity contribution < 1.29 is 14.6 Å². The summed E-state index contributed by atoms with van der Waals surface area (Å²) >= 11 is 0. The molecule has 1 heterocycles. The molecule has 1 unspecified atom stereocenters. The molecular formula is C13H19NO3. The lowest BCUT2D eigenvalue weighted by Gasteiger charge is -2.17. The van der Waals surface area contributed by atoms with Crippen molar-refractivity contribution in [1.29, 1.82) is 0 Å². The zero-order valence-corrected chi connectivity index (χ0v) is 10.1. The number of rotatable bonds is 6. The molecule has 0 saturated heterocycles. The van der Waals surface area contributed by atoms with Gasteiger partial charge >= 0.3 is 0 Å². The van der Waals surface area contributed by atoms with Crippen LogP contribution in [0.1, 0.15) is 17.2 Å². The molecule has 1 atom stereocenters. The average Bonchev–Trinajstić information content (AvgIpc) is 2.82. The fourth-order valence-corrected chi connectivity index (χ4v) is 2.05. The van der Waals surface area contributed by atoms with E-state index in [-0.39, 0.29) is 12.6 Å². The van der Waals surface area contributed by atoms with E-state index in [1.54, 1.807) is 7.11 Å². The van der Waals surface area contributed by atoms with Crippen molar-refractivity contribution >= 4 is 0 Å². The summed E-state index contributed by atoms with van der Waals surface area (Å²) in [7, 11) is 1.67. The molecule has 1 aromatic rings. The van der Waals surface area contributed by atoms with Crippen LogP contribution in [-0.2, 0) is 11.2 Å². The van der Waals surface area contributed by atoms with Gasteiger partial charge in [0, 0.05) is 20.1 Å². The third kappa shape index (κ3) is 2.97. The van der Waals surface area contributed by atoms with Crippen LogP contribution < -0.4 is 10.1 Å². The van der Waals surface area contributed by atoms with Crippen molar-refractivity contribution in [3.05, 3.63) is 29.3 Å². The van der Waals surface area contributed by atoms with Crippen LogP contribution in [0, 0.1) is 0 Å². The second-order valence-electron chi connectivity index (χ2n) is 4.15. The number of ether oxygens (including phenoxy) is 2. The maximum Gasteiger partial charge on any atom is 0.122 e. The number of aliphatic hydroxyl groups is 1. The van der Waals surface area contributed by atoms with E-state index >= 15 is 0 Å². The van der Waals surface area contributed by atoms with E-state index in [0.29, 0.717) is 6.61 Å². The zero-order valence-electron chi connectivity index (χ0n) is 10.1. The van der Waals surface area contributed by atoms with Crippen molar-refractivity contribution in [2.45, 2.75) is 12.5 Å². The van der Waals surface area contributed by atoms with Gasteiger partial charge in [0.15, 0.2) is 0 Å². The summed E-state index contributed by atoms with van der Waals surface area (Å²) in [5, 5.41) is 12.7. The van der Waals surface area contributed by atoms with E-state index < -0.39 is 0 Å². The topological polar surface area (TPSA) is 50.7 Å². The minimum absolute atomic E-state index is 0.0314. The Hall–Kier alpha value is -1.10. The highest BCUT2D eigenvalue weighted by Gasteiger charge is 2.16. The Morgan fingerprint density at radius 2 is 2.41 bits per heavy atom. The molecule has 1 aliphatic rings. The van der Waals surface area contributed by atoms with Crippen LogP contribution in [0.3, 0.4) is 0 Å². The lowest BCUT2D eigenvalue weighted by molar-refractivity contribution is 0.184. The lowest BCUT2D eigenvalue weighted by atomic mass is 10.0. The molecule has 1 aliphatic heterocycles. The summed E-state index contributed by atoms with van der Waals surface area (Å²) in [5.74, 6) is 0.974. The van der Waals surface area contributed by atoms with E-state index in [1.807, 2.05) is 12.1 Å². The van der Waals surface area contributed by atoms with Gasteiger partial charge in [0.05, 0.1) is 25.9 Å². The fraction of sp³-hybridized carbons (Fsp3) is 0.538. The van der Waals surface area contributed by atoms with Crippen LogP contribution >= 0.6 is 0 Å². The van der Waals surface area contributed by atoms with Gasteiger partial charge in [-0.2, -0.15) is 0 Å². The normalized spacial score (nSPS) is 15.4. The average molecular weight is 237 g/mol. The molecule has 0 amide bonds. The minimum atomic E-state index is -0.0314. The number of hydrogen-bond donors (Lipinski definition) is 2. The lowest BCUT2D eigenvalue weighted by Crippen LogP contribution is -2.27. The summed E-state index contributed by atoms with van der Waals surface area (Å²) in [4.78, 5) is 0. The molecule has 1 aromatic carbocycles. The van der Waals surface area contributed by atoms with Crippen molar-refractivity contribution in [2.24, 2.45) is 0 Å². The van der Waals surface area contributed by atoms with Gasteiger partial charge in [-0.15, -0.1) is 0 Å². The molecule has 0 radical (unpaired) electrons. The highest BCUT2D eigenvalue weighted by atomic mass is 16.5. The van der Waals surface area contributed by atoms with Gasteiger partial charge in [0.25, 0.3) is 0 Å². The predicted octanol–water partition coefficient (Wildman–Crippen LogP) is 0.891. The summed E-state index contributed by atoms with van der Waals surface area (Å²) in [6.07, 6.45) is 0.958. The number of methoxy groups -OCH3 is 1. The molecule has 2 rings (SSSR count). The Bertz CT molecular complexity index is 368. The largest absolute Gasteiger partial charge is 0.493 e.